The molecule has 5 nitrogen and oxygen atoms in total. The van der Waals surface area contributed by atoms with E-state index in [4.69, 9.17) is 4.74 Å². The Kier molecular flexibility index (Phi) is 6.03. The summed E-state index contributed by atoms with van der Waals surface area (Å²) in [4.78, 5) is 23.9. The number of hydrogen-bond acceptors (Lipinski definition) is 3. The van der Waals surface area contributed by atoms with E-state index in [1.807, 2.05) is 48.5 Å². The largest absolute Gasteiger partial charge is 0.480 e. The minimum atomic E-state index is -1.10. The number of carbonyl (C=O) groups excluding carboxylic acids is 1. The van der Waals surface area contributed by atoms with Crippen molar-refractivity contribution in [2.45, 2.75) is 25.5 Å². The van der Waals surface area contributed by atoms with Crippen LogP contribution in [0, 0.1) is 3.57 Å². The predicted octanol–water partition coefficient (Wildman–Crippen LogP) is 4.78. The summed E-state index contributed by atoms with van der Waals surface area (Å²) in [5.41, 5.74) is 6.55. The summed E-state index contributed by atoms with van der Waals surface area (Å²) >= 11 is 2.19. The third-order valence-corrected chi connectivity index (χ3v) is 5.97. The van der Waals surface area contributed by atoms with E-state index in [9.17, 15) is 14.7 Å². The molecule has 1 atom stereocenters. The molecule has 0 bridgehead atoms. The molecular formula is C24H20INO4. The van der Waals surface area contributed by atoms with Gasteiger partial charge < -0.3 is 15.2 Å². The molecule has 1 amide bonds. The van der Waals surface area contributed by atoms with Crippen LogP contribution in [0.4, 0.5) is 4.79 Å². The van der Waals surface area contributed by atoms with Crippen LogP contribution in [0.5, 0.6) is 0 Å². The average molecular weight is 513 g/mol. The molecule has 3 aromatic rings. The van der Waals surface area contributed by atoms with Gasteiger partial charge in [-0.2, -0.15) is 0 Å². The first kappa shape index (κ1) is 20.4. The smallest absolute Gasteiger partial charge is 0.408 e. The Bertz CT molecular complexity index is 1090. The minimum Gasteiger partial charge on any atom is -0.480 e. The van der Waals surface area contributed by atoms with Crippen LogP contribution in [-0.2, 0) is 29.0 Å². The van der Waals surface area contributed by atoms with E-state index in [1.165, 1.54) is 11.1 Å². The quantitative estimate of drug-likeness (QED) is 0.364. The number of carbonyl (C=O) groups is 2. The highest BCUT2D eigenvalue weighted by Crippen LogP contribution is 2.38. The van der Waals surface area contributed by atoms with E-state index in [0.717, 1.165) is 32.2 Å². The SMILES string of the molecule is O=C(NC(Cc1ccc(I)cc1)C(=O)O)OCc1cccc2c1Cc1ccccc1-2. The molecule has 0 radical (unpaired) electrons. The molecule has 0 aromatic heterocycles. The topological polar surface area (TPSA) is 75.6 Å². The maximum Gasteiger partial charge on any atom is 0.408 e. The summed E-state index contributed by atoms with van der Waals surface area (Å²) in [6, 6.07) is 20.7. The van der Waals surface area contributed by atoms with Crippen LogP contribution in [-0.4, -0.2) is 23.2 Å². The molecule has 4 rings (SSSR count). The van der Waals surface area contributed by atoms with Crippen molar-refractivity contribution in [3.63, 3.8) is 0 Å². The molecule has 0 fully saturated rings. The van der Waals surface area contributed by atoms with E-state index in [1.54, 1.807) is 0 Å². The Labute approximate surface area is 188 Å². The average Bonchev–Trinajstić information content (AvgIpc) is 3.12. The van der Waals surface area contributed by atoms with Crippen molar-refractivity contribution < 1.29 is 19.4 Å². The standard InChI is InChI=1S/C24H20INO4/c25-18-10-8-15(9-11-18)12-22(23(27)28)26-24(29)30-14-17-5-3-7-20-19-6-2-1-4-16(19)13-21(17)20/h1-11,22H,12-14H2,(H,26,29)(H,27,28). The summed E-state index contributed by atoms with van der Waals surface area (Å²) in [5, 5.41) is 12.0. The fourth-order valence-corrected chi connectivity index (χ4v) is 4.10. The van der Waals surface area contributed by atoms with Gasteiger partial charge in [0.05, 0.1) is 0 Å². The number of fused-ring (bicyclic) bond motifs is 3. The molecule has 3 aromatic carbocycles. The van der Waals surface area contributed by atoms with Crippen LogP contribution in [0.2, 0.25) is 0 Å². The third kappa shape index (κ3) is 4.48. The maximum atomic E-state index is 12.3. The molecule has 6 heteroatoms. The fourth-order valence-electron chi connectivity index (χ4n) is 3.74. The number of nitrogens with one attached hydrogen (secondary N) is 1. The normalized spacial score (nSPS) is 12.6. The van der Waals surface area contributed by atoms with Gasteiger partial charge in [0, 0.05) is 9.99 Å². The molecule has 0 saturated heterocycles. The summed E-state index contributed by atoms with van der Waals surface area (Å²) < 4.78 is 6.44. The predicted molar refractivity (Wildman–Crippen MR) is 122 cm³/mol. The minimum absolute atomic E-state index is 0.0961. The molecule has 152 valence electrons. The number of ether oxygens (including phenoxy) is 1. The van der Waals surface area contributed by atoms with Gasteiger partial charge in [-0.15, -0.1) is 0 Å². The molecule has 1 unspecified atom stereocenters. The van der Waals surface area contributed by atoms with Gasteiger partial charge in [-0.3, -0.25) is 0 Å². The molecule has 0 saturated carbocycles. The van der Waals surface area contributed by atoms with Crippen LogP contribution in [0.15, 0.2) is 66.7 Å². The Morgan fingerprint density at radius 1 is 1.00 bits per heavy atom. The molecule has 0 aliphatic heterocycles. The van der Waals surface area contributed by atoms with Crippen LogP contribution in [0.1, 0.15) is 22.3 Å². The number of aliphatic carboxylic acids is 1. The summed E-state index contributed by atoms with van der Waals surface area (Å²) in [6.07, 6.45) is 0.259. The first-order chi connectivity index (χ1) is 14.5. The van der Waals surface area contributed by atoms with Crippen molar-refractivity contribution >= 4 is 34.7 Å². The van der Waals surface area contributed by atoms with Gasteiger partial charge in [-0.1, -0.05) is 54.6 Å². The van der Waals surface area contributed by atoms with E-state index in [-0.39, 0.29) is 13.0 Å². The molecule has 0 heterocycles. The Hall–Kier alpha value is -2.87. The lowest BCUT2D eigenvalue weighted by Gasteiger charge is -2.15. The zero-order valence-electron chi connectivity index (χ0n) is 16.1. The van der Waals surface area contributed by atoms with E-state index < -0.39 is 18.1 Å². The van der Waals surface area contributed by atoms with Crippen molar-refractivity contribution in [3.8, 4) is 11.1 Å². The monoisotopic (exact) mass is 513 g/mol. The first-order valence-electron chi connectivity index (χ1n) is 9.61. The Balaban J connectivity index is 1.40. The van der Waals surface area contributed by atoms with E-state index >= 15 is 0 Å². The van der Waals surface area contributed by atoms with Gasteiger partial charge in [0.2, 0.25) is 0 Å². The second-order valence-corrected chi connectivity index (χ2v) is 8.46. The van der Waals surface area contributed by atoms with Crippen LogP contribution in [0.3, 0.4) is 0 Å². The number of alkyl carbamates (subject to hydrolysis) is 1. The van der Waals surface area contributed by atoms with Gasteiger partial charge >= 0.3 is 12.1 Å². The highest BCUT2D eigenvalue weighted by Gasteiger charge is 2.23. The van der Waals surface area contributed by atoms with Crippen molar-refractivity contribution in [2.24, 2.45) is 0 Å². The van der Waals surface area contributed by atoms with Gasteiger partial charge in [-0.25, -0.2) is 9.59 Å². The van der Waals surface area contributed by atoms with Gasteiger partial charge in [-0.05, 0) is 74.5 Å². The lowest BCUT2D eigenvalue weighted by molar-refractivity contribution is -0.139. The van der Waals surface area contributed by atoms with Gasteiger partial charge in [0.1, 0.15) is 12.6 Å². The van der Waals surface area contributed by atoms with Crippen LogP contribution >= 0.6 is 22.6 Å². The number of benzene rings is 3. The molecule has 1 aliphatic carbocycles. The zero-order chi connectivity index (χ0) is 21.1. The summed E-state index contributed by atoms with van der Waals surface area (Å²) in [5.74, 6) is -1.10. The van der Waals surface area contributed by atoms with Crippen LogP contribution < -0.4 is 5.32 Å². The van der Waals surface area contributed by atoms with Crippen molar-refractivity contribution in [1.29, 1.82) is 0 Å². The number of carboxylic acid groups (broad SMARTS) is 1. The van der Waals surface area contributed by atoms with Gasteiger partial charge in [0.15, 0.2) is 0 Å². The number of rotatable bonds is 6. The molecule has 1 aliphatic rings. The fraction of sp³-hybridized carbons (Fsp3) is 0.167. The summed E-state index contributed by atoms with van der Waals surface area (Å²) in [7, 11) is 0. The van der Waals surface area contributed by atoms with Crippen molar-refractivity contribution in [2.75, 3.05) is 0 Å². The molecule has 0 spiro atoms. The lowest BCUT2D eigenvalue weighted by atomic mass is 10.0. The molecule has 2 N–H and O–H groups in total. The first-order valence-corrected chi connectivity index (χ1v) is 10.7. The number of amides is 1. The van der Waals surface area contributed by atoms with E-state index in [2.05, 4.69) is 46.1 Å². The number of carboxylic acids is 1. The Morgan fingerprint density at radius 2 is 1.73 bits per heavy atom. The number of halogens is 1. The van der Waals surface area contributed by atoms with Crippen molar-refractivity contribution in [3.05, 3.63) is 92.6 Å². The van der Waals surface area contributed by atoms with Crippen LogP contribution in [0.25, 0.3) is 11.1 Å². The van der Waals surface area contributed by atoms with Crippen molar-refractivity contribution in [1.82, 2.24) is 5.32 Å². The highest BCUT2D eigenvalue weighted by atomic mass is 127. The number of hydrogen-bond donors (Lipinski definition) is 2. The third-order valence-electron chi connectivity index (χ3n) is 5.25. The van der Waals surface area contributed by atoms with Gasteiger partial charge in [0.25, 0.3) is 0 Å². The highest BCUT2D eigenvalue weighted by molar-refractivity contribution is 14.1. The molecular weight excluding hydrogens is 493 g/mol. The summed E-state index contributed by atoms with van der Waals surface area (Å²) in [6.45, 7) is 0.0961. The van der Waals surface area contributed by atoms with E-state index in [0.29, 0.717) is 0 Å². The molecule has 30 heavy (non-hydrogen) atoms. The maximum absolute atomic E-state index is 12.3. The second kappa shape index (κ2) is 8.87. The second-order valence-electron chi connectivity index (χ2n) is 7.22. The lowest BCUT2D eigenvalue weighted by Crippen LogP contribution is -2.42. The zero-order valence-corrected chi connectivity index (χ0v) is 18.3. The Morgan fingerprint density at radius 3 is 2.50 bits per heavy atom.